The van der Waals surface area contributed by atoms with Gasteiger partial charge in [-0.25, -0.2) is 0 Å². The molecule has 4 rings (SSSR count). The molecular formula is C21H22BrN3O5S. The molecule has 3 aromatic rings. The van der Waals surface area contributed by atoms with Crippen molar-refractivity contribution in [3.63, 3.8) is 0 Å². The molecule has 3 heterocycles. The van der Waals surface area contributed by atoms with Crippen LogP contribution in [0.4, 0.5) is 0 Å². The number of benzene rings is 1. The Hall–Kier alpha value is -2.24. The van der Waals surface area contributed by atoms with Crippen LogP contribution in [-0.4, -0.2) is 74.5 Å². The molecule has 0 spiro atoms. The minimum absolute atomic E-state index is 0.0646. The van der Waals surface area contributed by atoms with Crippen molar-refractivity contribution in [2.24, 2.45) is 0 Å². The average Bonchev–Trinajstić information content (AvgIpc) is 3.40. The number of carbonyl (C=O) groups excluding carboxylic acids is 2. The second-order valence-corrected chi connectivity index (χ2v) is 10.1. The van der Waals surface area contributed by atoms with Gasteiger partial charge in [0, 0.05) is 13.1 Å². The third-order valence-corrected chi connectivity index (χ3v) is 6.92. The van der Waals surface area contributed by atoms with Crippen LogP contribution in [0.5, 0.6) is 0 Å². The molecule has 1 aromatic carbocycles. The van der Waals surface area contributed by atoms with E-state index in [0.717, 1.165) is 19.6 Å². The van der Waals surface area contributed by atoms with Crippen molar-refractivity contribution < 1.29 is 24.9 Å². The molecule has 0 aliphatic carbocycles. The molecule has 1 fully saturated rings. The van der Waals surface area contributed by atoms with Gasteiger partial charge in [-0.3, -0.25) is 9.59 Å². The number of fused-ring (bicyclic) bond motifs is 1. The van der Waals surface area contributed by atoms with E-state index in [4.69, 9.17) is 0 Å². The fourth-order valence-electron chi connectivity index (χ4n) is 3.68. The monoisotopic (exact) mass is 507 g/mol. The number of β-amino-alcohol motifs (C(OH)–C–C–N with tert-alkyl or cyclic N) is 2. The number of rotatable bonds is 6. The minimum Gasteiger partial charge on any atom is -0.388 e. The quantitative estimate of drug-likeness (QED) is 0.343. The molecule has 5 N–H and O–H groups in total. The van der Waals surface area contributed by atoms with Crippen molar-refractivity contribution in [3.05, 3.63) is 57.5 Å². The van der Waals surface area contributed by atoms with Crippen LogP contribution in [-0.2, 0) is 11.2 Å². The Bertz CT molecular complexity index is 1040. The summed E-state index contributed by atoms with van der Waals surface area (Å²) < 4.78 is 1.85. The Morgan fingerprint density at radius 1 is 1.19 bits per heavy atom. The van der Waals surface area contributed by atoms with Gasteiger partial charge in [0.25, 0.3) is 11.8 Å². The first kappa shape index (κ1) is 22.0. The molecule has 4 atom stereocenters. The number of aromatic nitrogens is 1. The summed E-state index contributed by atoms with van der Waals surface area (Å²) in [6.45, 7) is -0.129. The summed E-state index contributed by atoms with van der Waals surface area (Å²) in [6, 6.07) is 11.9. The predicted octanol–water partition coefficient (Wildman–Crippen LogP) is 1.26. The Morgan fingerprint density at radius 3 is 2.52 bits per heavy atom. The van der Waals surface area contributed by atoms with E-state index < -0.39 is 36.2 Å². The van der Waals surface area contributed by atoms with Gasteiger partial charge in [0.2, 0.25) is 0 Å². The number of likely N-dealkylation sites (tertiary alicyclic amines) is 1. The molecule has 0 unspecified atom stereocenters. The normalized spacial score (nSPS) is 20.7. The van der Waals surface area contributed by atoms with Crippen molar-refractivity contribution in [2.75, 3.05) is 13.1 Å². The average molecular weight is 508 g/mol. The predicted molar refractivity (Wildman–Crippen MR) is 120 cm³/mol. The van der Waals surface area contributed by atoms with Gasteiger partial charge in [0.15, 0.2) is 6.10 Å². The van der Waals surface area contributed by atoms with E-state index in [1.165, 1.54) is 16.2 Å². The number of nitrogens with zero attached hydrogens (tertiary/aromatic N) is 1. The molecule has 1 aliphatic heterocycles. The Labute approximate surface area is 190 Å². The maximum Gasteiger partial charge on any atom is 0.268 e. The standard InChI is InChI=1S/C21H22BrN3O5S/c22-18-8-12-17(31-18)7-14(23-12)20(29)24-13(6-11-4-2-1-3-5-11)19(28)21(30)25-9-15(26)16(27)10-25/h1-5,7-8,13,15-16,19,23,26-28H,6,9-10H2,(H,24,29)/t13-,15-,16+,19+/m0/s1. The zero-order valence-corrected chi connectivity index (χ0v) is 18.8. The van der Waals surface area contributed by atoms with Crippen molar-refractivity contribution in [1.82, 2.24) is 15.2 Å². The lowest BCUT2D eigenvalue weighted by atomic mass is 10.00. The van der Waals surface area contributed by atoms with E-state index >= 15 is 0 Å². The molecule has 164 valence electrons. The second kappa shape index (κ2) is 9.09. The topological polar surface area (TPSA) is 126 Å². The molecule has 2 aromatic heterocycles. The van der Waals surface area contributed by atoms with Gasteiger partial charge in [0.05, 0.1) is 32.3 Å². The largest absolute Gasteiger partial charge is 0.388 e. The van der Waals surface area contributed by atoms with Crippen LogP contribution in [0.1, 0.15) is 16.1 Å². The highest BCUT2D eigenvalue weighted by Gasteiger charge is 2.38. The van der Waals surface area contributed by atoms with Crippen molar-refractivity contribution in [1.29, 1.82) is 0 Å². The number of aliphatic hydroxyl groups is 3. The van der Waals surface area contributed by atoms with Gasteiger partial charge in [-0.15, -0.1) is 11.3 Å². The summed E-state index contributed by atoms with van der Waals surface area (Å²) in [4.78, 5) is 30.0. The summed E-state index contributed by atoms with van der Waals surface area (Å²) >= 11 is 4.89. The van der Waals surface area contributed by atoms with Crippen molar-refractivity contribution in [2.45, 2.75) is 30.8 Å². The van der Waals surface area contributed by atoms with Gasteiger partial charge in [-0.2, -0.15) is 0 Å². The molecule has 31 heavy (non-hydrogen) atoms. The molecule has 1 aliphatic rings. The number of amides is 2. The number of carbonyl (C=O) groups is 2. The van der Waals surface area contributed by atoms with Gasteiger partial charge in [0.1, 0.15) is 5.69 Å². The maximum absolute atomic E-state index is 12.9. The van der Waals surface area contributed by atoms with Crippen molar-refractivity contribution >= 4 is 49.3 Å². The number of halogens is 1. The highest BCUT2D eigenvalue weighted by Crippen LogP contribution is 2.30. The van der Waals surface area contributed by atoms with Crippen LogP contribution in [0.25, 0.3) is 10.2 Å². The first-order chi connectivity index (χ1) is 14.8. The number of H-pyrrole nitrogens is 1. The van der Waals surface area contributed by atoms with E-state index in [2.05, 4.69) is 26.2 Å². The Morgan fingerprint density at radius 2 is 1.87 bits per heavy atom. The lowest BCUT2D eigenvalue weighted by molar-refractivity contribution is -0.141. The molecule has 1 saturated heterocycles. The maximum atomic E-state index is 12.9. The summed E-state index contributed by atoms with van der Waals surface area (Å²) in [5, 5.41) is 33.1. The van der Waals surface area contributed by atoms with E-state index in [1.54, 1.807) is 6.07 Å². The number of aromatic amines is 1. The lowest BCUT2D eigenvalue weighted by Gasteiger charge is -2.27. The third kappa shape index (κ3) is 4.83. The zero-order valence-electron chi connectivity index (χ0n) is 16.4. The van der Waals surface area contributed by atoms with Gasteiger partial charge in [-0.1, -0.05) is 30.3 Å². The molecule has 0 saturated carbocycles. The van der Waals surface area contributed by atoms with Crippen LogP contribution in [0.2, 0.25) is 0 Å². The molecule has 0 bridgehead atoms. The second-order valence-electron chi connectivity index (χ2n) is 7.60. The van der Waals surface area contributed by atoms with E-state index in [9.17, 15) is 24.9 Å². The van der Waals surface area contributed by atoms with Gasteiger partial charge < -0.3 is 30.5 Å². The van der Waals surface area contributed by atoms with E-state index in [-0.39, 0.29) is 19.5 Å². The van der Waals surface area contributed by atoms with E-state index in [0.29, 0.717) is 5.69 Å². The highest BCUT2D eigenvalue weighted by atomic mass is 79.9. The fourth-order valence-corrected chi connectivity index (χ4v) is 5.21. The molecule has 2 amide bonds. The molecule has 0 radical (unpaired) electrons. The summed E-state index contributed by atoms with van der Waals surface area (Å²) in [5.74, 6) is -1.08. The molecular weight excluding hydrogens is 486 g/mol. The summed E-state index contributed by atoms with van der Waals surface area (Å²) in [6.07, 6.45) is -3.40. The number of thiophene rings is 1. The van der Waals surface area contributed by atoms with Crippen molar-refractivity contribution in [3.8, 4) is 0 Å². The van der Waals surface area contributed by atoms with Gasteiger partial charge in [-0.05, 0) is 40.0 Å². The summed E-state index contributed by atoms with van der Waals surface area (Å²) in [7, 11) is 0. The number of hydrogen-bond donors (Lipinski definition) is 5. The Kier molecular flexibility index (Phi) is 6.44. The van der Waals surface area contributed by atoms with Crippen LogP contribution in [0, 0.1) is 0 Å². The van der Waals surface area contributed by atoms with Crippen LogP contribution in [0.3, 0.4) is 0 Å². The molecule has 10 heteroatoms. The smallest absolute Gasteiger partial charge is 0.268 e. The van der Waals surface area contributed by atoms with E-state index in [1.807, 2.05) is 36.4 Å². The first-order valence-corrected chi connectivity index (χ1v) is 11.4. The van der Waals surface area contributed by atoms with Crippen LogP contribution >= 0.6 is 27.3 Å². The number of aliphatic hydroxyl groups excluding tert-OH is 3. The SMILES string of the molecule is O=C(N[C@@H](Cc1ccccc1)[C@@H](O)C(=O)N1C[C@@H](O)[C@@H](O)C1)c1cc2sc(Br)cc2[nH]1. The lowest BCUT2D eigenvalue weighted by Crippen LogP contribution is -2.52. The fraction of sp³-hybridized carbons (Fsp3) is 0.333. The Balaban J connectivity index is 1.53. The number of nitrogens with one attached hydrogen (secondary N) is 2. The molecule has 8 nitrogen and oxygen atoms in total. The zero-order chi connectivity index (χ0) is 22.1. The third-order valence-electron chi connectivity index (χ3n) is 5.34. The number of hydrogen-bond acceptors (Lipinski definition) is 6. The summed E-state index contributed by atoms with van der Waals surface area (Å²) in [5.41, 5.74) is 1.99. The van der Waals surface area contributed by atoms with Gasteiger partial charge >= 0.3 is 0 Å². The van der Waals surface area contributed by atoms with Crippen LogP contribution < -0.4 is 5.32 Å². The first-order valence-electron chi connectivity index (χ1n) is 9.77. The minimum atomic E-state index is -1.54. The highest BCUT2D eigenvalue weighted by molar-refractivity contribution is 9.11. The van der Waals surface area contributed by atoms with Crippen LogP contribution in [0.15, 0.2) is 46.3 Å².